The maximum Gasteiger partial charge on any atom is 0.251 e. The van der Waals surface area contributed by atoms with Gasteiger partial charge in [-0.05, 0) is 50.9 Å². The van der Waals surface area contributed by atoms with Crippen LogP contribution in [0.2, 0.25) is 0 Å². The Hall–Kier alpha value is -2.48. The summed E-state index contributed by atoms with van der Waals surface area (Å²) < 4.78 is 15.8. The van der Waals surface area contributed by atoms with Gasteiger partial charge in [0.1, 0.15) is 0 Å². The number of carbonyl (C=O) groups is 2. The molecule has 2 saturated heterocycles. The number of ether oxygens (including phenoxy) is 3. The third-order valence-corrected chi connectivity index (χ3v) is 5.80. The summed E-state index contributed by atoms with van der Waals surface area (Å²) in [7, 11) is 4.49. The van der Waals surface area contributed by atoms with E-state index < -0.39 is 0 Å². The van der Waals surface area contributed by atoms with E-state index in [0.717, 1.165) is 25.9 Å². The van der Waals surface area contributed by atoms with Gasteiger partial charge in [-0.25, -0.2) is 0 Å². The molecule has 29 heavy (non-hydrogen) atoms. The summed E-state index contributed by atoms with van der Waals surface area (Å²) in [5.41, 5.74) is 0.347. The van der Waals surface area contributed by atoms with E-state index in [1.165, 1.54) is 47.3 Å². The lowest BCUT2D eigenvalue weighted by atomic mass is 10.0. The van der Waals surface area contributed by atoms with Gasteiger partial charge in [0, 0.05) is 24.7 Å². The van der Waals surface area contributed by atoms with Crippen molar-refractivity contribution in [2.75, 3.05) is 54.1 Å². The summed E-state index contributed by atoms with van der Waals surface area (Å²) in [6, 6.07) is 3.74. The lowest BCUT2D eigenvalue weighted by Gasteiger charge is -2.36. The van der Waals surface area contributed by atoms with E-state index in [1.807, 2.05) is 4.90 Å². The average molecular weight is 405 g/mol. The number of piperidine rings is 1. The molecule has 0 unspecified atom stereocenters. The number of likely N-dealkylation sites (tertiary alicyclic amines) is 2. The van der Waals surface area contributed by atoms with Crippen LogP contribution in [0.25, 0.3) is 0 Å². The molecule has 2 heterocycles. The number of hydrogen-bond donors (Lipinski definition) is 1. The molecule has 2 aliphatic heterocycles. The van der Waals surface area contributed by atoms with E-state index in [-0.39, 0.29) is 18.4 Å². The van der Waals surface area contributed by atoms with Crippen LogP contribution in [-0.4, -0.2) is 81.7 Å². The first-order valence-electron chi connectivity index (χ1n) is 10.2. The Bertz CT molecular complexity index is 700. The Morgan fingerprint density at radius 3 is 2.07 bits per heavy atom. The van der Waals surface area contributed by atoms with Crippen LogP contribution >= 0.6 is 0 Å². The summed E-state index contributed by atoms with van der Waals surface area (Å²) >= 11 is 0. The smallest absolute Gasteiger partial charge is 0.251 e. The Labute approximate surface area is 172 Å². The van der Waals surface area contributed by atoms with Crippen molar-refractivity contribution in [3.63, 3.8) is 0 Å². The molecule has 0 saturated carbocycles. The van der Waals surface area contributed by atoms with E-state index in [0.29, 0.717) is 28.9 Å². The zero-order chi connectivity index (χ0) is 20.8. The van der Waals surface area contributed by atoms with Gasteiger partial charge in [-0.3, -0.25) is 9.59 Å². The van der Waals surface area contributed by atoms with Crippen molar-refractivity contribution >= 4 is 11.8 Å². The zero-order valence-corrected chi connectivity index (χ0v) is 17.5. The highest BCUT2D eigenvalue weighted by Gasteiger charge is 2.28. The number of nitrogens with one attached hydrogen (secondary N) is 1. The van der Waals surface area contributed by atoms with Crippen LogP contribution < -0.4 is 19.5 Å². The van der Waals surface area contributed by atoms with E-state index in [2.05, 4.69) is 10.2 Å². The lowest BCUT2D eigenvalue weighted by molar-refractivity contribution is -0.131. The highest BCUT2D eigenvalue weighted by atomic mass is 16.5. The van der Waals surface area contributed by atoms with Crippen LogP contribution in [0.1, 0.15) is 36.0 Å². The van der Waals surface area contributed by atoms with E-state index in [9.17, 15) is 9.59 Å². The third kappa shape index (κ3) is 4.93. The van der Waals surface area contributed by atoms with E-state index in [1.54, 1.807) is 12.1 Å². The average Bonchev–Trinajstić information content (AvgIpc) is 3.31. The van der Waals surface area contributed by atoms with Crippen molar-refractivity contribution < 1.29 is 23.8 Å². The molecule has 1 N–H and O–H groups in total. The van der Waals surface area contributed by atoms with Crippen molar-refractivity contribution in [2.45, 2.75) is 31.7 Å². The van der Waals surface area contributed by atoms with Crippen LogP contribution in [0.4, 0.5) is 0 Å². The molecule has 160 valence electrons. The van der Waals surface area contributed by atoms with Crippen molar-refractivity contribution in [3.05, 3.63) is 17.7 Å². The number of rotatable bonds is 7. The lowest BCUT2D eigenvalue weighted by Crippen LogP contribution is -2.48. The van der Waals surface area contributed by atoms with Crippen LogP contribution in [-0.2, 0) is 4.79 Å². The van der Waals surface area contributed by atoms with Gasteiger partial charge >= 0.3 is 0 Å². The van der Waals surface area contributed by atoms with Crippen molar-refractivity contribution in [1.29, 1.82) is 0 Å². The number of carbonyl (C=O) groups excluding carboxylic acids is 2. The molecule has 1 aromatic rings. The monoisotopic (exact) mass is 405 g/mol. The number of nitrogens with zero attached hydrogens (tertiary/aromatic N) is 2. The van der Waals surface area contributed by atoms with Crippen molar-refractivity contribution in [2.24, 2.45) is 0 Å². The summed E-state index contributed by atoms with van der Waals surface area (Å²) in [5, 5.41) is 2.71. The normalized spacial score (nSPS) is 17.8. The summed E-state index contributed by atoms with van der Waals surface area (Å²) in [6.45, 7) is 3.84. The molecule has 2 aliphatic rings. The highest BCUT2D eigenvalue weighted by Crippen LogP contribution is 2.38. The Kier molecular flexibility index (Phi) is 7.19. The minimum atomic E-state index is -0.357. The topological polar surface area (TPSA) is 80.3 Å². The third-order valence-electron chi connectivity index (χ3n) is 5.80. The van der Waals surface area contributed by atoms with E-state index in [4.69, 9.17) is 14.2 Å². The maximum absolute atomic E-state index is 12.6. The summed E-state index contributed by atoms with van der Waals surface area (Å²) in [4.78, 5) is 29.5. The summed E-state index contributed by atoms with van der Waals surface area (Å²) in [5.74, 6) is 0.804. The molecule has 0 bridgehead atoms. The van der Waals surface area contributed by atoms with Gasteiger partial charge in [0.05, 0.1) is 27.9 Å². The van der Waals surface area contributed by atoms with Crippen LogP contribution in [0.5, 0.6) is 17.2 Å². The fourth-order valence-electron chi connectivity index (χ4n) is 4.17. The number of amides is 2. The Morgan fingerprint density at radius 1 is 0.966 bits per heavy atom. The number of benzene rings is 1. The second kappa shape index (κ2) is 9.82. The van der Waals surface area contributed by atoms with Gasteiger partial charge in [0.2, 0.25) is 11.7 Å². The van der Waals surface area contributed by atoms with Crippen LogP contribution in [0.15, 0.2) is 12.1 Å². The quantitative estimate of drug-likeness (QED) is 0.741. The highest BCUT2D eigenvalue weighted by molar-refractivity contribution is 5.97. The number of hydrogen-bond acceptors (Lipinski definition) is 6. The molecule has 8 heteroatoms. The van der Waals surface area contributed by atoms with Crippen molar-refractivity contribution in [3.8, 4) is 17.2 Å². The SMILES string of the molecule is COc1cc(C(=O)NCC(=O)N2CCC(N3CCCC3)CC2)cc(OC)c1OC. The first-order chi connectivity index (χ1) is 14.1. The standard InChI is InChI=1S/C21H31N3O5/c1-27-17-12-15(13-18(28-2)20(17)29-3)21(26)22-14-19(25)24-10-6-16(7-11-24)23-8-4-5-9-23/h12-13,16H,4-11,14H2,1-3H3,(H,22,26). The predicted octanol–water partition coefficient (Wildman–Crippen LogP) is 1.53. The molecule has 2 amide bonds. The molecular formula is C21H31N3O5. The second-order valence-corrected chi connectivity index (χ2v) is 7.45. The molecule has 1 aromatic carbocycles. The predicted molar refractivity (Wildman–Crippen MR) is 109 cm³/mol. The van der Waals surface area contributed by atoms with Gasteiger partial charge in [-0.2, -0.15) is 0 Å². The molecular weight excluding hydrogens is 374 g/mol. The summed E-state index contributed by atoms with van der Waals surface area (Å²) in [6.07, 6.45) is 4.58. The zero-order valence-electron chi connectivity index (χ0n) is 17.5. The largest absolute Gasteiger partial charge is 0.493 e. The van der Waals surface area contributed by atoms with Crippen LogP contribution in [0.3, 0.4) is 0 Å². The van der Waals surface area contributed by atoms with Gasteiger partial charge in [0.15, 0.2) is 11.5 Å². The molecule has 0 atom stereocenters. The minimum absolute atomic E-state index is 0.0239. The molecule has 3 rings (SSSR count). The molecule has 2 fully saturated rings. The first-order valence-corrected chi connectivity index (χ1v) is 10.2. The van der Waals surface area contributed by atoms with E-state index >= 15 is 0 Å². The minimum Gasteiger partial charge on any atom is -0.493 e. The Morgan fingerprint density at radius 2 is 1.55 bits per heavy atom. The number of methoxy groups -OCH3 is 3. The molecule has 0 aliphatic carbocycles. The molecule has 8 nitrogen and oxygen atoms in total. The first kappa shape index (κ1) is 21.2. The maximum atomic E-state index is 12.6. The van der Waals surface area contributed by atoms with Crippen molar-refractivity contribution in [1.82, 2.24) is 15.1 Å². The molecule has 0 spiro atoms. The fourth-order valence-corrected chi connectivity index (χ4v) is 4.17. The van der Waals surface area contributed by atoms with Gasteiger partial charge < -0.3 is 29.3 Å². The molecule has 0 aromatic heterocycles. The second-order valence-electron chi connectivity index (χ2n) is 7.45. The molecule has 0 radical (unpaired) electrons. The van der Waals surface area contributed by atoms with Gasteiger partial charge in [0.25, 0.3) is 5.91 Å². The fraction of sp³-hybridized carbons (Fsp3) is 0.619. The Balaban J connectivity index is 1.53. The van der Waals surface area contributed by atoms with Gasteiger partial charge in [-0.15, -0.1) is 0 Å². The van der Waals surface area contributed by atoms with Gasteiger partial charge in [-0.1, -0.05) is 0 Å². The van der Waals surface area contributed by atoms with Crippen LogP contribution in [0, 0.1) is 0 Å².